The minimum atomic E-state index is -0.768. The molecular weight excluding hydrogens is 388 g/mol. The Morgan fingerprint density at radius 2 is 1.37 bits per heavy atom. The van der Waals surface area contributed by atoms with Crippen LogP contribution in [0.25, 0.3) is 17.7 Å². The van der Waals surface area contributed by atoms with Crippen LogP contribution in [-0.4, -0.2) is 36.4 Å². The highest BCUT2D eigenvalue weighted by atomic mass is 16.3. The summed E-state index contributed by atoms with van der Waals surface area (Å²) >= 11 is 0. The minimum Gasteiger partial charge on any atom is -0.507 e. The van der Waals surface area contributed by atoms with Crippen molar-refractivity contribution in [3.63, 3.8) is 0 Å². The molecule has 0 saturated heterocycles. The summed E-state index contributed by atoms with van der Waals surface area (Å²) in [6.07, 6.45) is 2.01. The van der Waals surface area contributed by atoms with Crippen molar-refractivity contribution in [3.8, 4) is 28.7 Å². The summed E-state index contributed by atoms with van der Waals surface area (Å²) in [4.78, 5) is 12.9. The van der Waals surface area contributed by atoms with Crippen LogP contribution >= 0.6 is 0 Å². The Morgan fingerprint density at radius 3 is 1.93 bits per heavy atom. The second kappa shape index (κ2) is 7.67. The van der Waals surface area contributed by atoms with Crippen LogP contribution in [0.4, 0.5) is 0 Å². The number of Topliss-reactive ketones (excluding diaryl/α,β-unsaturated/α-hetero) is 1. The summed E-state index contributed by atoms with van der Waals surface area (Å²) in [7, 11) is 0. The first-order valence-corrected chi connectivity index (χ1v) is 9.68. The van der Waals surface area contributed by atoms with Crippen molar-refractivity contribution in [1.29, 1.82) is 0 Å². The molecule has 0 amide bonds. The number of rotatable bonds is 5. The Hall–Kier alpha value is -3.61. The van der Waals surface area contributed by atoms with E-state index in [0.29, 0.717) is 30.0 Å². The smallest absolute Gasteiger partial charge is 0.202 e. The van der Waals surface area contributed by atoms with Crippen LogP contribution < -0.4 is 10.4 Å². The fourth-order valence-electron chi connectivity index (χ4n) is 3.82. The Morgan fingerprint density at radius 1 is 0.767 bits per heavy atom. The van der Waals surface area contributed by atoms with E-state index in [9.17, 15) is 35.4 Å². The summed E-state index contributed by atoms with van der Waals surface area (Å²) < 4.78 is 0. The van der Waals surface area contributed by atoms with Gasteiger partial charge in [0.05, 0.1) is 21.9 Å². The van der Waals surface area contributed by atoms with E-state index in [1.54, 1.807) is 0 Å². The van der Waals surface area contributed by atoms with Gasteiger partial charge in [-0.25, -0.2) is 0 Å². The molecule has 7 heteroatoms. The quantitative estimate of drug-likeness (QED) is 0.443. The number of aromatic hydroxyl groups is 5. The van der Waals surface area contributed by atoms with Gasteiger partial charge in [-0.3, -0.25) is 4.79 Å². The second-order valence-corrected chi connectivity index (χ2v) is 7.30. The van der Waals surface area contributed by atoms with Crippen molar-refractivity contribution in [2.45, 2.75) is 39.5 Å². The summed E-state index contributed by atoms with van der Waals surface area (Å²) in [6, 6.07) is 2.30. The number of aliphatic hydroxyl groups excluding tert-OH is 1. The van der Waals surface area contributed by atoms with E-state index in [1.807, 2.05) is 13.8 Å². The maximum atomic E-state index is 12.9. The number of ketones is 1. The summed E-state index contributed by atoms with van der Waals surface area (Å²) in [5.41, 5.74) is -0.381. The molecule has 2 aromatic carbocycles. The number of allylic oxidation sites excluding steroid dienone is 2. The largest absolute Gasteiger partial charge is 0.507 e. The Kier molecular flexibility index (Phi) is 5.39. The van der Waals surface area contributed by atoms with Gasteiger partial charge >= 0.3 is 0 Å². The predicted octanol–water partition coefficient (Wildman–Crippen LogP) is 2.23. The number of carbonyl (C=O) groups is 1. The van der Waals surface area contributed by atoms with Gasteiger partial charge in [0, 0.05) is 17.2 Å². The van der Waals surface area contributed by atoms with E-state index in [0.717, 1.165) is 6.07 Å². The van der Waals surface area contributed by atoms with Crippen molar-refractivity contribution >= 4 is 23.5 Å². The molecule has 1 aliphatic rings. The standard InChI is InChI=1S/C23H24O7/c1-4-6-11-10(3)8-14(25)16(20(11)27)18-22(29)19(23(18)30)17-15(26)9-13(24)12(7-5-2)21(17)28/h8-9,24-29H,3-7H2,1-2H3/b18-16-. The van der Waals surface area contributed by atoms with Gasteiger partial charge in [-0.2, -0.15) is 0 Å². The van der Waals surface area contributed by atoms with Crippen LogP contribution in [0.1, 0.15) is 43.4 Å². The van der Waals surface area contributed by atoms with Crippen molar-refractivity contribution in [3.05, 3.63) is 45.0 Å². The third kappa shape index (κ3) is 3.03. The molecule has 0 aromatic heterocycles. The molecule has 0 unspecified atom stereocenters. The molecule has 1 aliphatic carbocycles. The SMILES string of the molecule is C=c1cc(O)/c(=C2/C(=O)C(c3c(O)cc(O)c(CCC)c3O)=C2O)c(O)c1CCC. The van der Waals surface area contributed by atoms with E-state index in [2.05, 4.69) is 6.58 Å². The zero-order valence-electron chi connectivity index (χ0n) is 16.8. The molecule has 30 heavy (non-hydrogen) atoms. The summed E-state index contributed by atoms with van der Waals surface area (Å²) in [5, 5.41) is 62.5. The van der Waals surface area contributed by atoms with Crippen molar-refractivity contribution in [1.82, 2.24) is 0 Å². The second-order valence-electron chi connectivity index (χ2n) is 7.30. The fraction of sp³-hybridized carbons (Fsp3) is 0.261. The van der Waals surface area contributed by atoms with Crippen LogP contribution in [0, 0.1) is 0 Å². The van der Waals surface area contributed by atoms with Gasteiger partial charge in [0.2, 0.25) is 5.78 Å². The zero-order valence-corrected chi connectivity index (χ0v) is 16.8. The lowest BCUT2D eigenvalue weighted by atomic mass is 9.80. The molecule has 3 rings (SSSR count). The third-order valence-corrected chi connectivity index (χ3v) is 5.27. The number of aliphatic hydroxyl groups is 1. The lowest BCUT2D eigenvalue weighted by Gasteiger charge is -2.24. The molecule has 0 saturated carbocycles. The normalized spacial score (nSPS) is 15.5. The average Bonchev–Trinajstić information content (AvgIpc) is 2.68. The first-order valence-electron chi connectivity index (χ1n) is 9.68. The van der Waals surface area contributed by atoms with E-state index in [1.165, 1.54) is 6.07 Å². The van der Waals surface area contributed by atoms with E-state index < -0.39 is 28.8 Å². The first-order chi connectivity index (χ1) is 14.1. The van der Waals surface area contributed by atoms with Crippen LogP contribution in [-0.2, 0) is 17.6 Å². The first kappa shape index (κ1) is 21.1. The van der Waals surface area contributed by atoms with E-state index in [-0.39, 0.29) is 45.4 Å². The third-order valence-electron chi connectivity index (χ3n) is 5.27. The number of phenolic OH excluding ortho intramolecular Hbond substituents is 5. The summed E-state index contributed by atoms with van der Waals surface area (Å²) in [5.74, 6) is -3.51. The van der Waals surface area contributed by atoms with Gasteiger partial charge in [0.25, 0.3) is 0 Å². The lowest BCUT2D eigenvalue weighted by Crippen LogP contribution is -2.29. The monoisotopic (exact) mass is 412 g/mol. The molecule has 0 atom stereocenters. The Balaban J connectivity index is 2.33. The molecule has 0 heterocycles. The molecule has 0 bridgehead atoms. The average molecular weight is 412 g/mol. The van der Waals surface area contributed by atoms with Crippen LogP contribution in [0.5, 0.6) is 28.7 Å². The number of hydrogen-bond donors (Lipinski definition) is 6. The number of phenols is 5. The topological polar surface area (TPSA) is 138 Å². The van der Waals surface area contributed by atoms with Crippen LogP contribution in [0.2, 0.25) is 0 Å². The highest BCUT2D eigenvalue weighted by molar-refractivity contribution is 6.52. The van der Waals surface area contributed by atoms with Gasteiger partial charge in [-0.05, 0) is 24.1 Å². The van der Waals surface area contributed by atoms with Crippen molar-refractivity contribution in [2.24, 2.45) is 0 Å². The molecular formula is C23H24O7. The number of benzene rings is 2. The van der Waals surface area contributed by atoms with Crippen LogP contribution in [0.3, 0.4) is 0 Å². The van der Waals surface area contributed by atoms with Gasteiger partial charge in [-0.1, -0.05) is 33.3 Å². The molecule has 0 aliphatic heterocycles. The van der Waals surface area contributed by atoms with E-state index >= 15 is 0 Å². The molecule has 158 valence electrons. The molecule has 0 spiro atoms. The van der Waals surface area contributed by atoms with Gasteiger partial charge in [-0.15, -0.1) is 0 Å². The van der Waals surface area contributed by atoms with Crippen LogP contribution in [0.15, 0.2) is 17.9 Å². The summed E-state index contributed by atoms with van der Waals surface area (Å²) in [6.45, 7) is 7.51. The maximum Gasteiger partial charge on any atom is 0.202 e. The van der Waals surface area contributed by atoms with E-state index in [4.69, 9.17) is 0 Å². The minimum absolute atomic E-state index is 0.143. The fourth-order valence-corrected chi connectivity index (χ4v) is 3.82. The predicted molar refractivity (Wildman–Crippen MR) is 112 cm³/mol. The highest BCUT2D eigenvalue weighted by Crippen LogP contribution is 2.48. The molecule has 7 nitrogen and oxygen atoms in total. The zero-order chi connectivity index (χ0) is 22.3. The highest BCUT2D eigenvalue weighted by Gasteiger charge is 2.40. The van der Waals surface area contributed by atoms with Crippen molar-refractivity contribution in [2.75, 3.05) is 0 Å². The van der Waals surface area contributed by atoms with Gasteiger partial charge in [0.1, 0.15) is 34.5 Å². The number of carbonyl (C=O) groups excluding carboxylic acids is 1. The van der Waals surface area contributed by atoms with Gasteiger partial charge in [0.15, 0.2) is 0 Å². The number of hydrogen-bond acceptors (Lipinski definition) is 7. The Bertz CT molecular complexity index is 1210. The Labute approximate surface area is 172 Å². The molecule has 0 radical (unpaired) electrons. The molecule has 0 fully saturated rings. The lowest BCUT2D eigenvalue weighted by molar-refractivity contribution is -0.110. The molecule has 6 N–H and O–H groups in total. The van der Waals surface area contributed by atoms with Crippen molar-refractivity contribution < 1.29 is 35.4 Å². The molecule has 2 aromatic rings. The maximum absolute atomic E-state index is 12.9. The van der Waals surface area contributed by atoms with Gasteiger partial charge < -0.3 is 30.6 Å².